The minimum atomic E-state index is -2.47. The molecule has 1 heterocycles. The van der Waals surface area contributed by atoms with E-state index in [9.17, 15) is 24.3 Å². The monoisotopic (exact) mass is 728 g/mol. The van der Waals surface area contributed by atoms with E-state index >= 15 is 0 Å². The molecule has 12 heteroatoms. The van der Waals surface area contributed by atoms with Crippen molar-refractivity contribution in [2.75, 3.05) is 6.61 Å². The molecule has 1 N–H and O–H groups in total. The summed E-state index contributed by atoms with van der Waals surface area (Å²) in [4.78, 5) is 48.4. The van der Waals surface area contributed by atoms with E-state index in [4.69, 9.17) is 35.3 Å². The van der Waals surface area contributed by atoms with E-state index in [1.165, 1.54) is 13.0 Å². The molecule has 272 valence electrons. The van der Waals surface area contributed by atoms with Crippen molar-refractivity contribution in [3.05, 3.63) is 69.7 Å². The molecule has 0 spiro atoms. The van der Waals surface area contributed by atoms with E-state index in [0.717, 1.165) is 31.9 Å². The predicted molar refractivity (Wildman–Crippen MR) is 191 cm³/mol. The number of hydrogen-bond donors (Lipinski definition) is 1. The first-order chi connectivity index (χ1) is 23.3. The van der Waals surface area contributed by atoms with Crippen molar-refractivity contribution in [2.45, 2.75) is 122 Å². The number of halogens is 1. The molecule has 10 nitrogen and oxygen atoms in total. The molecular formula is C38H49ClO10Si. The van der Waals surface area contributed by atoms with Crippen molar-refractivity contribution in [3.8, 4) is 11.5 Å². The first-order valence-electron chi connectivity index (χ1n) is 16.8. The second-order valence-corrected chi connectivity index (χ2v) is 19.6. The lowest BCUT2D eigenvalue weighted by molar-refractivity contribution is -0.360. The Labute approximate surface area is 301 Å². The number of benzene rings is 2. The number of aliphatic hydroxyl groups is 1. The number of carbonyl (C=O) groups is 4. The Morgan fingerprint density at radius 3 is 1.86 bits per heavy atom. The fraction of sp³-hybridized carbons (Fsp3) is 0.526. The van der Waals surface area contributed by atoms with Crippen LogP contribution in [0.1, 0.15) is 91.5 Å². The summed E-state index contributed by atoms with van der Waals surface area (Å²) in [6.45, 7) is 17.7. The minimum Gasteiger partial charge on any atom is -0.463 e. The van der Waals surface area contributed by atoms with Crippen molar-refractivity contribution in [1.29, 1.82) is 0 Å². The number of ether oxygens (including phenoxy) is 5. The van der Waals surface area contributed by atoms with Crippen molar-refractivity contribution >= 4 is 43.6 Å². The van der Waals surface area contributed by atoms with Gasteiger partial charge < -0.3 is 28.8 Å². The van der Waals surface area contributed by atoms with Crippen LogP contribution >= 0.6 is 11.6 Å². The van der Waals surface area contributed by atoms with Gasteiger partial charge >= 0.3 is 23.9 Å². The van der Waals surface area contributed by atoms with Gasteiger partial charge in [0, 0.05) is 43.8 Å². The van der Waals surface area contributed by atoms with Crippen molar-refractivity contribution in [3.63, 3.8) is 0 Å². The van der Waals surface area contributed by atoms with Gasteiger partial charge in [-0.1, -0.05) is 77.3 Å². The first kappa shape index (κ1) is 40.7. The highest BCUT2D eigenvalue weighted by molar-refractivity contribution is 6.90. The molecule has 50 heavy (non-hydrogen) atoms. The summed E-state index contributed by atoms with van der Waals surface area (Å²) < 4.78 is 27.7. The lowest BCUT2D eigenvalue weighted by Crippen LogP contribution is -2.66. The molecule has 0 bridgehead atoms. The van der Waals surface area contributed by atoms with Crippen molar-refractivity contribution in [2.24, 2.45) is 0 Å². The molecule has 1 saturated heterocycles. The molecule has 0 saturated carbocycles. The van der Waals surface area contributed by atoms with Gasteiger partial charge in [0.15, 0.2) is 12.2 Å². The predicted octanol–water partition coefficient (Wildman–Crippen LogP) is 6.40. The standard InChI is InChI=1S/C38H49ClO10Si/c1-22(2)50(23(3)4,24(5)6)18-17-29-11-13-30(14-12-29)19-31-20-32(15-16-33(31)39)38(44)37(48-28(10)43)36(47-27(9)42)35(46-26(8)41)34(49-38)21-45-25(7)40/h11-16,20,22-24,34-37,44H,19,21H2,1-10H3/t34-,35-,36+,37-,38+/m1/s1. The molecule has 0 radical (unpaired) electrons. The summed E-state index contributed by atoms with van der Waals surface area (Å²) in [5.41, 5.74) is 7.83. The molecule has 0 unspecified atom stereocenters. The zero-order valence-corrected chi connectivity index (χ0v) is 32.3. The van der Waals surface area contributed by atoms with Crippen LogP contribution in [0.15, 0.2) is 42.5 Å². The van der Waals surface area contributed by atoms with Crippen LogP contribution in [0.3, 0.4) is 0 Å². The molecule has 3 rings (SSSR count). The number of hydrogen-bond acceptors (Lipinski definition) is 10. The molecule has 1 fully saturated rings. The third-order valence-corrected chi connectivity index (χ3v) is 15.8. The zero-order valence-electron chi connectivity index (χ0n) is 30.5. The van der Waals surface area contributed by atoms with Gasteiger partial charge in [0.1, 0.15) is 20.8 Å². The van der Waals surface area contributed by atoms with E-state index in [2.05, 4.69) is 53.0 Å². The van der Waals surface area contributed by atoms with Crippen LogP contribution in [0.2, 0.25) is 21.6 Å². The average Bonchev–Trinajstić information content (AvgIpc) is 3.00. The zero-order chi connectivity index (χ0) is 37.6. The summed E-state index contributed by atoms with van der Waals surface area (Å²) in [6.07, 6.45) is -5.63. The fourth-order valence-electron chi connectivity index (χ4n) is 6.99. The molecule has 0 aliphatic carbocycles. The Hall–Kier alpha value is -3.69. The first-order valence-corrected chi connectivity index (χ1v) is 19.4. The number of esters is 4. The lowest BCUT2D eigenvalue weighted by Gasteiger charge is -2.48. The molecule has 1 aliphatic rings. The van der Waals surface area contributed by atoms with Crippen LogP contribution in [-0.4, -0.2) is 68.1 Å². The highest BCUT2D eigenvalue weighted by atomic mass is 35.5. The molecule has 0 aromatic heterocycles. The van der Waals surface area contributed by atoms with Gasteiger partial charge in [-0.2, -0.15) is 0 Å². The van der Waals surface area contributed by atoms with Crippen molar-refractivity contribution < 1.29 is 48.0 Å². The largest absolute Gasteiger partial charge is 0.463 e. The van der Waals surface area contributed by atoms with Crippen LogP contribution in [0.25, 0.3) is 0 Å². The molecular weight excluding hydrogens is 680 g/mol. The van der Waals surface area contributed by atoms with Gasteiger partial charge in [0.25, 0.3) is 0 Å². The molecule has 0 amide bonds. The van der Waals surface area contributed by atoms with Crippen LogP contribution in [0, 0.1) is 11.5 Å². The van der Waals surface area contributed by atoms with Crippen molar-refractivity contribution in [1.82, 2.24) is 0 Å². The van der Waals surface area contributed by atoms with E-state index < -0.39 is 68.8 Å². The third kappa shape index (κ3) is 9.54. The molecule has 2 aromatic carbocycles. The fourth-order valence-corrected chi connectivity index (χ4v) is 12.4. The average molecular weight is 729 g/mol. The van der Waals surface area contributed by atoms with Gasteiger partial charge in [0.2, 0.25) is 11.9 Å². The van der Waals surface area contributed by atoms with Gasteiger partial charge in [-0.15, -0.1) is 5.54 Å². The van der Waals surface area contributed by atoms with E-state index in [1.54, 1.807) is 12.1 Å². The Kier molecular flexibility index (Phi) is 13.9. The molecule has 5 atom stereocenters. The molecule has 2 aromatic rings. The second-order valence-electron chi connectivity index (χ2n) is 13.7. The van der Waals surface area contributed by atoms with Gasteiger partial charge in [0.05, 0.1) is 0 Å². The minimum absolute atomic E-state index is 0.106. The highest BCUT2D eigenvalue weighted by Crippen LogP contribution is 2.43. The Balaban J connectivity index is 2.05. The number of rotatable bonds is 11. The van der Waals surface area contributed by atoms with Gasteiger partial charge in [-0.3, -0.25) is 19.2 Å². The smallest absolute Gasteiger partial charge is 0.303 e. The highest BCUT2D eigenvalue weighted by Gasteiger charge is 2.60. The van der Waals surface area contributed by atoms with Gasteiger partial charge in [-0.05, 0) is 58.4 Å². The molecule has 1 aliphatic heterocycles. The lowest BCUT2D eigenvalue weighted by atomic mass is 9.86. The second kappa shape index (κ2) is 17.0. The Morgan fingerprint density at radius 1 is 0.820 bits per heavy atom. The van der Waals surface area contributed by atoms with Crippen LogP contribution < -0.4 is 0 Å². The summed E-state index contributed by atoms with van der Waals surface area (Å²) in [6, 6.07) is 12.5. The van der Waals surface area contributed by atoms with E-state index in [1.807, 2.05) is 24.3 Å². The Bertz CT molecular complexity index is 1590. The van der Waals surface area contributed by atoms with E-state index in [-0.39, 0.29) is 5.56 Å². The summed E-state index contributed by atoms with van der Waals surface area (Å²) in [5.74, 6) is -2.09. The van der Waals surface area contributed by atoms with Crippen LogP contribution in [-0.2, 0) is 55.1 Å². The number of carbonyl (C=O) groups excluding carboxylic acids is 4. The third-order valence-electron chi connectivity index (χ3n) is 9.15. The maximum atomic E-state index is 12.3. The SMILES string of the molecule is CC(=O)OC[C@H]1O[C@@](O)(c2ccc(Cl)c(Cc3ccc(C#C[Si](C(C)C)(C(C)C)C(C)C)cc3)c2)[C@H](OC(C)=O)[C@@H](OC(C)=O)[C@@H]1OC(C)=O. The summed E-state index contributed by atoms with van der Waals surface area (Å²) >= 11 is 6.65. The maximum absolute atomic E-state index is 12.3. The van der Waals surface area contributed by atoms with Gasteiger partial charge in [-0.25, -0.2) is 0 Å². The van der Waals surface area contributed by atoms with E-state index in [0.29, 0.717) is 33.6 Å². The van der Waals surface area contributed by atoms with Crippen LogP contribution in [0.5, 0.6) is 0 Å². The normalized spacial score (nSPS) is 22.1. The quantitative estimate of drug-likeness (QED) is 0.120. The topological polar surface area (TPSA) is 135 Å². The summed E-state index contributed by atoms with van der Waals surface area (Å²) in [7, 11) is -1.90. The summed E-state index contributed by atoms with van der Waals surface area (Å²) in [5, 5.41) is 12.7. The van der Waals surface area contributed by atoms with Crippen LogP contribution in [0.4, 0.5) is 0 Å². The Morgan fingerprint density at radius 2 is 1.36 bits per heavy atom. The maximum Gasteiger partial charge on any atom is 0.303 e.